The molecule has 1 aromatic carbocycles. The van der Waals surface area contributed by atoms with Crippen LogP contribution in [0.25, 0.3) is 0 Å². The van der Waals surface area contributed by atoms with E-state index >= 15 is 0 Å². The van der Waals surface area contributed by atoms with Crippen molar-refractivity contribution < 1.29 is 13.9 Å². The van der Waals surface area contributed by atoms with Gasteiger partial charge in [-0.05, 0) is 38.3 Å². The largest absolute Gasteiger partial charge is 0.385 e. The lowest BCUT2D eigenvalue weighted by atomic mass is 9.83. The predicted molar refractivity (Wildman–Crippen MR) is 70.8 cm³/mol. The van der Waals surface area contributed by atoms with Gasteiger partial charge < -0.3 is 10.0 Å². The molecular weight excluding hydrogens is 248 g/mol. The normalized spacial score (nSPS) is 21.3. The topological polar surface area (TPSA) is 23.5 Å². The summed E-state index contributed by atoms with van der Waals surface area (Å²) in [4.78, 5) is 2.26. The second kappa shape index (κ2) is 5.55. The van der Waals surface area contributed by atoms with Gasteiger partial charge in [-0.2, -0.15) is 0 Å². The van der Waals surface area contributed by atoms with Crippen LogP contribution in [0, 0.1) is 11.6 Å². The van der Waals surface area contributed by atoms with E-state index in [0.717, 1.165) is 6.42 Å². The Kier molecular flexibility index (Phi) is 4.21. The molecule has 0 spiro atoms. The molecule has 1 aromatic rings. The maximum absolute atomic E-state index is 13.8. The molecule has 2 rings (SSSR count). The molecule has 0 aliphatic carbocycles. The molecule has 0 radical (unpaired) electrons. The Morgan fingerprint density at radius 3 is 2.26 bits per heavy atom. The summed E-state index contributed by atoms with van der Waals surface area (Å²) >= 11 is 0. The summed E-state index contributed by atoms with van der Waals surface area (Å²) in [6, 6.07) is 4.18. The SMILES string of the molecule is CC[C@@H](C)N1CCC(O)(c2c(F)cccc2F)CC1. The highest BCUT2D eigenvalue weighted by Gasteiger charge is 2.38. The van der Waals surface area contributed by atoms with Crippen molar-refractivity contribution in [1.82, 2.24) is 4.90 Å². The van der Waals surface area contributed by atoms with E-state index < -0.39 is 17.2 Å². The molecule has 1 atom stereocenters. The Balaban J connectivity index is 2.18. The number of piperidine rings is 1. The van der Waals surface area contributed by atoms with Gasteiger partial charge >= 0.3 is 0 Å². The van der Waals surface area contributed by atoms with Crippen molar-refractivity contribution in [2.75, 3.05) is 13.1 Å². The van der Waals surface area contributed by atoms with Crippen LogP contribution in [0.2, 0.25) is 0 Å². The van der Waals surface area contributed by atoms with Crippen molar-refractivity contribution >= 4 is 0 Å². The van der Waals surface area contributed by atoms with Crippen LogP contribution in [0.3, 0.4) is 0 Å². The Morgan fingerprint density at radius 1 is 1.26 bits per heavy atom. The number of rotatable bonds is 3. The lowest BCUT2D eigenvalue weighted by Gasteiger charge is -2.41. The lowest BCUT2D eigenvalue weighted by Crippen LogP contribution is -2.46. The Labute approximate surface area is 113 Å². The molecule has 4 heteroatoms. The van der Waals surface area contributed by atoms with Crippen LogP contribution < -0.4 is 0 Å². The number of hydrogen-bond acceptors (Lipinski definition) is 2. The summed E-state index contributed by atoms with van der Waals surface area (Å²) in [6.07, 6.45) is 1.77. The minimum absolute atomic E-state index is 0.168. The van der Waals surface area contributed by atoms with Gasteiger partial charge in [0.1, 0.15) is 11.6 Å². The van der Waals surface area contributed by atoms with E-state index in [1.807, 2.05) is 0 Å². The summed E-state index contributed by atoms with van der Waals surface area (Å²) in [5.74, 6) is -1.31. The van der Waals surface area contributed by atoms with Crippen LogP contribution in [0.4, 0.5) is 8.78 Å². The van der Waals surface area contributed by atoms with Crippen molar-refractivity contribution in [2.24, 2.45) is 0 Å². The fourth-order valence-corrected chi connectivity index (χ4v) is 2.79. The molecule has 0 saturated carbocycles. The summed E-state index contributed by atoms with van der Waals surface area (Å²) in [7, 11) is 0. The van der Waals surface area contributed by atoms with E-state index in [2.05, 4.69) is 18.7 Å². The number of benzene rings is 1. The van der Waals surface area contributed by atoms with Gasteiger partial charge in [0.25, 0.3) is 0 Å². The molecule has 1 fully saturated rings. The first-order valence-corrected chi connectivity index (χ1v) is 6.89. The van der Waals surface area contributed by atoms with E-state index in [4.69, 9.17) is 0 Å². The molecule has 1 saturated heterocycles. The Morgan fingerprint density at radius 2 is 1.79 bits per heavy atom. The van der Waals surface area contributed by atoms with Gasteiger partial charge in [-0.15, -0.1) is 0 Å². The zero-order valence-electron chi connectivity index (χ0n) is 11.5. The van der Waals surface area contributed by atoms with Crippen molar-refractivity contribution in [3.63, 3.8) is 0 Å². The third kappa shape index (κ3) is 2.79. The fraction of sp³-hybridized carbons (Fsp3) is 0.600. The average Bonchev–Trinajstić information content (AvgIpc) is 2.38. The molecule has 0 amide bonds. The molecule has 1 heterocycles. The number of halogens is 2. The third-order valence-electron chi connectivity index (χ3n) is 4.27. The van der Waals surface area contributed by atoms with E-state index in [1.165, 1.54) is 18.2 Å². The van der Waals surface area contributed by atoms with Gasteiger partial charge in [0.15, 0.2) is 0 Å². The van der Waals surface area contributed by atoms with Crippen LogP contribution in [-0.4, -0.2) is 29.1 Å². The minimum Gasteiger partial charge on any atom is -0.385 e. The highest BCUT2D eigenvalue weighted by molar-refractivity contribution is 5.27. The highest BCUT2D eigenvalue weighted by atomic mass is 19.1. The fourth-order valence-electron chi connectivity index (χ4n) is 2.79. The first-order valence-electron chi connectivity index (χ1n) is 6.89. The third-order valence-corrected chi connectivity index (χ3v) is 4.27. The van der Waals surface area contributed by atoms with Crippen LogP contribution in [0.15, 0.2) is 18.2 Å². The molecule has 0 aromatic heterocycles. The molecule has 0 unspecified atom stereocenters. The van der Waals surface area contributed by atoms with Crippen LogP contribution in [0.5, 0.6) is 0 Å². The highest BCUT2D eigenvalue weighted by Crippen LogP contribution is 2.36. The zero-order valence-corrected chi connectivity index (χ0v) is 11.5. The molecule has 1 aliphatic rings. The van der Waals surface area contributed by atoms with Gasteiger partial charge in [0.05, 0.1) is 11.2 Å². The predicted octanol–water partition coefficient (Wildman–Crippen LogP) is 3.05. The number of likely N-dealkylation sites (tertiary alicyclic amines) is 1. The maximum atomic E-state index is 13.8. The molecule has 19 heavy (non-hydrogen) atoms. The van der Waals surface area contributed by atoms with Gasteiger partial charge in [0.2, 0.25) is 0 Å². The molecule has 1 aliphatic heterocycles. The maximum Gasteiger partial charge on any atom is 0.132 e. The number of hydrogen-bond donors (Lipinski definition) is 1. The molecule has 0 bridgehead atoms. The van der Waals surface area contributed by atoms with Gasteiger partial charge in [-0.3, -0.25) is 0 Å². The monoisotopic (exact) mass is 269 g/mol. The standard InChI is InChI=1S/C15H21F2NO/c1-3-11(2)18-9-7-15(19,8-10-18)14-12(16)5-4-6-13(14)17/h4-6,11,19H,3,7-10H2,1-2H3/t11-/m1/s1. The second-order valence-corrected chi connectivity index (χ2v) is 5.42. The summed E-state index contributed by atoms with van der Waals surface area (Å²) in [5.41, 5.74) is -1.54. The van der Waals surface area contributed by atoms with Crippen molar-refractivity contribution in [2.45, 2.75) is 44.8 Å². The Bertz CT molecular complexity index is 422. The van der Waals surface area contributed by atoms with Crippen molar-refractivity contribution in [1.29, 1.82) is 0 Å². The van der Waals surface area contributed by atoms with Crippen LogP contribution >= 0.6 is 0 Å². The number of nitrogens with zero attached hydrogens (tertiary/aromatic N) is 1. The van der Waals surface area contributed by atoms with E-state index in [-0.39, 0.29) is 5.56 Å². The smallest absolute Gasteiger partial charge is 0.132 e. The summed E-state index contributed by atoms with van der Waals surface area (Å²) in [5, 5.41) is 10.6. The molecular formula is C15H21F2NO. The molecule has 2 nitrogen and oxygen atoms in total. The summed E-state index contributed by atoms with van der Waals surface area (Å²) in [6.45, 7) is 5.58. The lowest BCUT2D eigenvalue weighted by molar-refractivity contribution is -0.0391. The van der Waals surface area contributed by atoms with Crippen LogP contribution in [0.1, 0.15) is 38.7 Å². The first-order chi connectivity index (χ1) is 8.98. The van der Waals surface area contributed by atoms with Gasteiger partial charge in [-0.25, -0.2) is 8.78 Å². The second-order valence-electron chi connectivity index (χ2n) is 5.42. The van der Waals surface area contributed by atoms with Crippen molar-refractivity contribution in [3.8, 4) is 0 Å². The zero-order chi connectivity index (χ0) is 14.0. The molecule has 1 N–H and O–H groups in total. The Hall–Kier alpha value is -1.00. The van der Waals surface area contributed by atoms with E-state index in [9.17, 15) is 13.9 Å². The minimum atomic E-state index is -1.38. The van der Waals surface area contributed by atoms with Gasteiger partial charge in [0, 0.05) is 19.1 Å². The van der Waals surface area contributed by atoms with Gasteiger partial charge in [-0.1, -0.05) is 13.0 Å². The summed E-state index contributed by atoms with van der Waals surface area (Å²) < 4.78 is 27.6. The average molecular weight is 269 g/mol. The molecule has 106 valence electrons. The van der Waals surface area contributed by atoms with Crippen molar-refractivity contribution in [3.05, 3.63) is 35.4 Å². The van der Waals surface area contributed by atoms with Crippen LogP contribution in [-0.2, 0) is 5.60 Å². The quantitative estimate of drug-likeness (QED) is 0.911. The number of aliphatic hydroxyl groups is 1. The first kappa shape index (κ1) is 14.4. The van der Waals surface area contributed by atoms with E-state index in [0.29, 0.717) is 32.0 Å². The van der Waals surface area contributed by atoms with E-state index in [1.54, 1.807) is 0 Å².